The fourth-order valence-corrected chi connectivity index (χ4v) is 3.51. The van der Waals surface area contributed by atoms with Crippen molar-refractivity contribution in [3.8, 4) is 0 Å². The fourth-order valence-electron chi connectivity index (χ4n) is 2.09. The Morgan fingerprint density at radius 2 is 1.33 bits per heavy atom. The molecule has 0 radical (unpaired) electrons. The van der Waals surface area contributed by atoms with E-state index >= 15 is 0 Å². The van der Waals surface area contributed by atoms with Crippen LogP contribution in [0.1, 0.15) is 11.1 Å². The maximum absolute atomic E-state index is 11.5. The zero-order valence-corrected chi connectivity index (χ0v) is 15.7. The number of hydrogen-bond acceptors (Lipinski definition) is 7. The minimum atomic E-state index is -4.78. The highest BCUT2D eigenvalue weighted by molar-refractivity contribution is 7.86. The summed E-state index contributed by atoms with van der Waals surface area (Å²) in [6.07, 6.45) is 2.27. The van der Waals surface area contributed by atoms with Crippen LogP contribution in [0.15, 0.2) is 46.2 Å². The molecule has 0 aromatic heterocycles. The number of rotatable bonds is 5. The van der Waals surface area contributed by atoms with Crippen LogP contribution in [0.3, 0.4) is 0 Å². The first-order chi connectivity index (χ1) is 11.9. The Morgan fingerprint density at radius 1 is 0.889 bits per heavy atom. The summed E-state index contributed by atoms with van der Waals surface area (Å²) in [4.78, 5) is 8.69. The van der Waals surface area contributed by atoms with Crippen LogP contribution in [-0.2, 0) is 20.2 Å². The Balaban J connectivity index is 0.00000364. The number of nitrogens with two attached hydrogens (primary N) is 1. The highest BCUT2D eigenvalue weighted by atomic mass is 35.5. The van der Waals surface area contributed by atoms with Crippen LogP contribution in [0, 0.1) is 10.1 Å². The van der Waals surface area contributed by atoms with Crippen molar-refractivity contribution < 1.29 is 30.9 Å². The van der Waals surface area contributed by atoms with Gasteiger partial charge in [0.25, 0.3) is 25.9 Å². The van der Waals surface area contributed by atoms with Gasteiger partial charge in [-0.3, -0.25) is 19.2 Å². The molecule has 0 saturated carbocycles. The molecule has 27 heavy (non-hydrogen) atoms. The molecule has 0 saturated heterocycles. The smallest absolute Gasteiger partial charge is 0.295 e. The van der Waals surface area contributed by atoms with E-state index in [0.717, 1.165) is 30.4 Å². The van der Waals surface area contributed by atoms with E-state index in [4.69, 9.17) is 5.73 Å². The number of benzene rings is 2. The topological polar surface area (TPSA) is 178 Å². The van der Waals surface area contributed by atoms with E-state index in [1.165, 1.54) is 12.1 Å². The van der Waals surface area contributed by atoms with Crippen molar-refractivity contribution >= 4 is 56.2 Å². The molecule has 10 nitrogen and oxygen atoms in total. The highest BCUT2D eigenvalue weighted by Gasteiger charge is 2.19. The Morgan fingerprint density at radius 3 is 1.78 bits per heavy atom. The van der Waals surface area contributed by atoms with Crippen LogP contribution >= 0.6 is 12.4 Å². The number of halogens is 1. The molecular weight excluding hydrogens is 424 g/mol. The molecule has 2 aromatic carbocycles. The lowest BCUT2D eigenvalue weighted by Gasteiger charge is -2.06. The van der Waals surface area contributed by atoms with Gasteiger partial charge in [-0.1, -0.05) is 18.2 Å². The molecule has 2 rings (SSSR count). The van der Waals surface area contributed by atoms with Crippen molar-refractivity contribution in [1.29, 1.82) is 0 Å². The van der Waals surface area contributed by atoms with Gasteiger partial charge in [0, 0.05) is 17.8 Å². The lowest BCUT2D eigenvalue weighted by Crippen LogP contribution is -2.03. The summed E-state index contributed by atoms with van der Waals surface area (Å²) in [6, 6.07) is 6.39. The molecule has 146 valence electrons. The third-order valence-electron chi connectivity index (χ3n) is 3.24. The summed E-state index contributed by atoms with van der Waals surface area (Å²) in [6.45, 7) is 0. The second-order valence-corrected chi connectivity index (χ2v) is 7.84. The van der Waals surface area contributed by atoms with E-state index in [2.05, 4.69) is 0 Å². The molecule has 0 aliphatic heterocycles. The van der Waals surface area contributed by atoms with Gasteiger partial charge in [0.2, 0.25) is 0 Å². The minimum Gasteiger partial charge on any atom is -0.399 e. The van der Waals surface area contributed by atoms with Gasteiger partial charge in [0.05, 0.1) is 4.92 Å². The monoisotopic (exact) mass is 436 g/mol. The summed E-state index contributed by atoms with van der Waals surface area (Å²) in [5, 5.41) is 10.8. The van der Waals surface area contributed by atoms with E-state index in [9.17, 15) is 36.1 Å². The van der Waals surface area contributed by atoms with Gasteiger partial charge < -0.3 is 5.73 Å². The first-order valence-electron chi connectivity index (χ1n) is 6.70. The number of nitrogens with zero attached hydrogens (tertiary/aromatic N) is 1. The van der Waals surface area contributed by atoms with Crippen molar-refractivity contribution in [3.63, 3.8) is 0 Å². The van der Waals surface area contributed by atoms with Gasteiger partial charge >= 0.3 is 0 Å². The average Bonchev–Trinajstić information content (AvgIpc) is 2.51. The third kappa shape index (κ3) is 5.48. The molecule has 0 aliphatic carbocycles. The van der Waals surface area contributed by atoms with Gasteiger partial charge in [0.15, 0.2) is 0 Å². The predicted molar refractivity (Wildman–Crippen MR) is 99.8 cm³/mol. The van der Waals surface area contributed by atoms with Crippen LogP contribution in [0.2, 0.25) is 0 Å². The molecule has 13 heteroatoms. The molecule has 4 N–H and O–H groups in total. The van der Waals surface area contributed by atoms with E-state index in [-0.39, 0.29) is 29.2 Å². The number of hydrogen-bond donors (Lipinski definition) is 3. The number of non-ortho nitro benzene ring substituents is 1. The molecule has 0 atom stereocenters. The van der Waals surface area contributed by atoms with Gasteiger partial charge in [0.1, 0.15) is 9.79 Å². The lowest BCUT2D eigenvalue weighted by molar-refractivity contribution is -0.385. The van der Waals surface area contributed by atoms with Crippen LogP contribution in [-0.4, -0.2) is 30.9 Å². The Hall–Kier alpha value is -2.51. The number of nitro groups is 1. The minimum absolute atomic E-state index is 0. The van der Waals surface area contributed by atoms with Crippen LogP contribution in [0.25, 0.3) is 12.2 Å². The molecule has 0 spiro atoms. The molecule has 0 fully saturated rings. The van der Waals surface area contributed by atoms with E-state index < -0.39 is 40.6 Å². The number of anilines is 1. The number of nitro benzene ring substituents is 1. The maximum atomic E-state index is 11.5. The molecule has 0 aliphatic rings. The fraction of sp³-hybridized carbons (Fsp3) is 0. The zero-order valence-electron chi connectivity index (χ0n) is 13.2. The lowest BCUT2D eigenvalue weighted by atomic mass is 10.1. The first kappa shape index (κ1) is 22.5. The maximum Gasteiger partial charge on any atom is 0.295 e. The quantitative estimate of drug-likeness (QED) is 0.208. The van der Waals surface area contributed by atoms with Crippen molar-refractivity contribution in [2.75, 3.05) is 5.73 Å². The zero-order chi connectivity index (χ0) is 19.7. The second-order valence-electron chi connectivity index (χ2n) is 5.06. The summed E-state index contributed by atoms with van der Waals surface area (Å²) >= 11 is 0. The largest absolute Gasteiger partial charge is 0.399 e. The van der Waals surface area contributed by atoms with Gasteiger partial charge in [-0.15, -0.1) is 12.4 Å². The van der Waals surface area contributed by atoms with Crippen LogP contribution < -0.4 is 5.73 Å². The second kappa shape index (κ2) is 8.02. The standard InChI is InChI=1S/C14H12N2O8S2.ClH/c15-11-5-3-9(13(7-11)25(19,20)21)1-2-10-4-6-12(16(17)18)8-14(10)26(22,23)24;/h1-8H,15H2,(H,19,20,21)(H,22,23,24);1H/b2-1-;. The molecule has 0 amide bonds. The van der Waals surface area contributed by atoms with E-state index in [1.54, 1.807) is 0 Å². The van der Waals surface area contributed by atoms with Crippen molar-refractivity contribution in [1.82, 2.24) is 0 Å². The van der Waals surface area contributed by atoms with Crippen molar-refractivity contribution in [3.05, 3.63) is 57.6 Å². The summed E-state index contributed by atoms with van der Waals surface area (Å²) in [5.41, 5.74) is 4.86. The van der Waals surface area contributed by atoms with Gasteiger partial charge in [-0.25, -0.2) is 0 Å². The third-order valence-corrected chi connectivity index (χ3v) is 5.06. The Labute approximate surface area is 160 Å². The molecule has 0 bridgehead atoms. The Bertz CT molecular complexity index is 1130. The summed E-state index contributed by atoms with van der Waals surface area (Å²) in [5.74, 6) is 0. The average molecular weight is 437 g/mol. The van der Waals surface area contributed by atoms with Crippen LogP contribution in [0.5, 0.6) is 0 Å². The molecule has 2 aromatic rings. The first-order valence-corrected chi connectivity index (χ1v) is 9.58. The predicted octanol–water partition coefficient (Wildman–Crippen LogP) is 2.26. The van der Waals surface area contributed by atoms with Gasteiger partial charge in [-0.05, 0) is 29.3 Å². The van der Waals surface area contributed by atoms with Crippen molar-refractivity contribution in [2.24, 2.45) is 0 Å². The molecule has 0 unspecified atom stereocenters. The van der Waals surface area contributed by atoms with Crippen LogP contribution in [0.4, 0.5) is 11.4 Å². The number of nitrogen functional groups attached to an aromatic ring is 1. The van der Waals surface area contributed by atoms with Crippen molar-refractivity contribution in [2.45, 2.75) is 9.79 Å². The Kier molecular flexibility index (Phi) is 6.69. The highest BCUT2D eigenvalue weighted by Crippen LogP contribution is 2.26. The van der Waals surface area contributed by atoms with E-state index in [1.807, 2.05) is 0 Å². The van der Waals surface area contributed by atoms with E-state index in [0.29, 0.717) is 6.07 Å². The SMILES string of the molecule is Cl.Nc1ccc(/C=C\c2ccc([N+](=O)[O-])cc2S(=O)(=O)O)c(S(=O)(=O)O)c1. The normalized spacial score (nSPS) is 11.9. The molecule has 0 heterocycles. The van der Waals surface area contributed by atoms with Gasteiger partial charge in [-0.2, -0.15) is 16.8 Å². The molecular formula is C14H13ClN2O8S2. The summed E-state index contributed by atoms with van der Waals surface area (Å²) in [7, 11) is -9.39. The summed E-state index contributed by atoms with van der Waals surface area (Å²) < 4.78 is 64.3.